The highest BCUT2D eigenvalue weighted by Gasteiger charge is 2.23. The van der Waals surface area contributed by atoms with Crippen LogP contribution in [0.25, 0.3) is 6.08 Å². The maximum atomic E-state index is 11.6. The van der Waals surface area contributed by atoms with Gasteiger partial charge in [-0.1, -0.05) is 25.0 Å². The predicted molar refractivity (Wildman–Crippen MR) is 83.4 cm³/mol. The van der Waals surface area contributed by atoms with E-state index >= 15 is 0 Å². The highest BCUT2D eigenvalue weighted by Crippen LogP contribution is 2.33. The molecule has 0 fully saturated rings. The minimum absolute atomic E-state index is 0.115. The molecule has 1 aliphatic rings. The van der Waals surface area contributed by atoms with E-state index in [1.54, 1.807) is 25.1 Å². The van der Waals surface area contributed by atoms with E-state index in [-0.39, 0.29) is 17.9 Å². The first-order valence-electron chi connectivity index (χ1n) is 7.22. The first-order chi connectivity index (χ1) is 10.9. The van der Waals surface area contributed by atoms with Crippen LogP contribution in [0.15, 0.2) is 34.9 Å². The van der Waals surface area contributed by atoms with E-state index in [0.29, 0.717) is 29.1 Å². The Bertz CT molecular complexity index is 699. The molecular weight excluding hydrogens is 300 g/mol. The lowest BCUT2D eigenvalue weighted by Crippen LogP contribution is -2.13. The molecule has 0 radical (unpaired) electrons. The van der Waals surface area contributed by atoms with Gasteiger partial charge in [0.15, 0.2) is 11.5 Å². The second kappa shape index (κ2) is 7.00. The van der Waals surface area contributed by atoms with Crippen molar-refractivity contribution in [2.24, 2.45) is 0 Å². The van der Waals surface area contributed by atoms with Crippen LogP contribution in [0.4, 0.5) is 0 Å². The van der Waals surface area contributed by atoms with Crippen molar-refractivity contribution in [2.45, 2.75) is 26.7 Å². The molecule has 0 saturated heterocycles. The molecule has 0 aliphatic carbocycles. The minimum Gasteiger partial charge on any atom is -0.478 e. The smallest absolute Gasteiger partial charge is 0.336 e. The average molecular weight is 318 g/mol. The molecule has 1 aliphatic heterocycles. The van der Waals surface area contributed by atoms with Gasteiger partial charge in [0.1, 0.15) is 0 Å². The van der Waals surface area contributed by atoms with Gasteiger partial charge < -0.3 is 19.7 Å². The number of allylic oxidation sites excluding steroid dienone is 1. The summed E-state index contributed by atoms with van der Waals surface area (Å²) in [5.74, 6) is -1.44. The van der Waals surface area contributed by atoms with Crippen LogP contribution >= 0.6 is 0 Å². The third kappa shape index (κ3) is 3.71. The lowest BCUT2D eigenvalue weighted by atomic mass is 9.96. The third-order valence-corrected chi connectivity index (χ3v) is 3.47. The number of benzene rings is 1. The van der Waals surface area contributed by atoms with E-state index < -0.39 is 11.9 Å². The van der Waals surface area contributed by atoms with Crippen molar-refractivity contribution in [1.82, 2.24) is 0 Å². The van der Waals surface area contributed by atoms with Crippen molar-refractivity contribution in [3.8, 4) is 11.5 Å². The molecule has 1 heterocycles. The first-order valence-corrected chi connectivity index (χ1v) is 7.22. The fourth-order valence-electron chi connectivity index (χ4n) is 2.44. The van der Waals surface area contributed by atoms with E-state index in [4.69, 9.17) is 9.47 Å². The molecule has 2 N–H and O–H groups in total. The molecular formula is C17H18O6. The summed E-state index contributed by atoms with van der Waals surface area (Å²) in [7, 11) is 0. The Hall–Kier alpha value is -2.76. The highest BCUT2D eigenvalue weighted by atomic mass is 16.7. The van der Waals surface area contributed by atoms with Crippen LogP contribution in [0, 0.1) is 0 Å². The molecule has 0 atom stereocenters. The standard InChI is InChI=1S/C17H18O6/c1-3-4-10(2)15(17(20)21)12(16(18)19)7-11-5-6-13-14(8-11)23-9-22-13/h5-8H,3-4,9H2,1-2H3,(H,18,19)(H,20,21)/b12-7+,15-10-. The Kier molecular flexibility index (Phi) is 5.05. The van der Waals surface area contributed by atoms with Crippen LogP contribution in [-0.4, -0.2) is 28.9 Å². The number of carboxylic acid groups (broad SMARTS) is 2. The Balaban J connectivity index is 2.50. The van der Waals surface area contributed by atoms with Crippen LogP contribution < -0.4 is 9.47 Å². The van der Waals surface area contributed by atoms with E-state index in [1.165, 1.54) is 6.08 Å². The van der Waals surface area contributed by atoms with E-state index in [9.17, 15) is 19.8 Å². The number of carbonyl (C=O) groups is 2. The van der Waals surface area contributed by atoms with Gasteiger partial charge in [-0.2, -0.15) is 0 Å². The van der Waals surface area contributed by atoms with Crippen molar-refractivity contribution < 1.29 is 29.3 Å². The number of hydrogen-bond acceptors (Lipinski definition) is 4. The molecule has 1 aromatic rings. The van der Waals surface area contributed by atoms with Crippen molar-refractivity contribution >= 4 is 18.0 Å². The molecule has 1 aromatic carbocycles. The molecule has 2 rings (SSSR count). The monoisotopic (exact) mass is 318 g/mol. The number of fused-ring (bicyclic) bond motifs is 1. The SMILES string of the molecule is CCC/C(C)=C(C(=O)O)/C(=C\c1ccc2c(c1)OCO2)C(=O)O. The van der Waals surface area contributed by atoms with Crippen LogP contribution in [0.5, 0.6) is 11.5 Å². The van der Waals surface area contributed by atoms with Gasteiger partial charge in [0, 0.05) is 0 Å². The molecule has 6 heteroatoms. The van der Waals surface area contributed by atoms with Crippen LogP contribution in [0.3, 0.4) is 0 Å². The van der Waals surface area contributed by atoms with Gasteiger partial charge in [0.25, 0.3) is 0 Å². The summed E-state index contributed by atoms with van der Waals surface area (Å²) in [6, 6.07) is 4.95. The van der Waals surface area contributed by atoms with Gasteiger partial charge in [-0.3, -0.25) is 0 Å². The van der Waals surface area contributed by atoms with Gasteiger partial charge in [-0.15, -0.1) is 0 Å². The van der Waals surface area contributed by atoms with Crippen LogP contribution in [0.1, 0.15) is 32.3 Å². The molecule has 0 amide bonds. The summed E-state index contributed by atoms with van der Waals surface area (Å²) in [5, 5.41) is 18.9. The normalized spacial score (nSPS) is 14.4. The van der Waals surface area contributed by atoms with Crippen molar-refractivity contribution in [2.75, 3.05) is 6.79 Å². The van der Waals surface area contributed by atoms with Crippen LogP contribution in [-0.2, 0) is 9.59 Å². The lowest BCUT2D eigenvalue weighted by Gasteiger charge is -2.09. The molecule has 0 spiro atoms. The molecule has 0 bridgehead atoms. The average Bonchev–Trinajstić information content (AvgIpc) is 2.93. The van der Waals surface area contributed by atoms with E-state index in [2.05, 4.69) is 0 Å². The molecule has 23 heavy (non-hydrogen) atoms. The van der Waals surface area contributed by atoms with E-state index in [1.807, 2.05) is 6.92 Å². The second-order valence-corrected chi connectivity index (χ2v) is 5.19. The van der Waals surface area contributed by atoms with Gasteiger partial charge in [-0.25, -0.2) is 9.59 Å². The van der Waals surface area contributed by atoms with Gasteiger partial charge in [-0.05, 0) is 37.1 Å². The zero-order valence-corrected chi connectivity index (χ0v) is 13.0. The summed E-state index contributed by atoms with van der Waals surface area (Å²) in [6.07, 6.45) is 2.60. The molecule has 0 aromatic heterocycles. The summed E-state index contributed by atoms with van der Waals surface area (Å²) in [4.78, 5) is 23.1. The molecule has 0 saturated carbocycles. The van der Waals surface area contributed by atoms with Gasteiger partial charge in [0.2, 0.25) is 6.79 Å². The number of hydrogen-bond donors (Lipinski definition) is 2. The Labute approximate surface area is 133 Å². The molecule has 0 unspecified atom stereocenters. The second-order valence-electron chi connectivity index (χ2n) is 5.19. The zero-order chi connectivity index (χ0) is 17.0. The summed E-state index contributed by atoms with van der Waals surface area (Å²) in [5.41, 5.74) is 0.656. The fourth-order valence-corrected chi connectivity index (χ4v) is 2.44. The van der Waals surface area contributed by atoms with Crippen molar-refractivity contribution in [3.63, 3.8) is 0 Å². The topological polar surface area (TPSA) is 93.1 Å². The van der Waals surface area contributed by atoms with Gasteiger partial charge >= 0.3 is 11.9 Å². The quantitative estimate of drug-likeness (QED) is 0.618. The summed E-state index contributed by atoms with van der Waals surface area (Å²) >= 11 is 0. The third-order valence-electron chi connectivity index (χ3n) is 3.47. The zero-order valence-electron chi connectivity index (χ0n) is 13.0. The minimum atomic E-state index is -1.28. The number of rotatable bonds is 6. The van der Waals surface area contributed by atoms with Crippen molar-refractivity contribution in [3.05, 3.63) is 40.5 Å². The maximum absolute atomic E-state index is 11.6. The lowest BCUT2D eigenvalue weighted by molar-refractivity contribution is -0.136. The van der Waals surface area contributed by atoms with Gasteiger partial charge in [0.05, 0.1) is 11.1 Å². The summed E-state index contributed by atoms with van der Waals surface area (Å²) < 4.78 is 10.4. The highest BCUT2D eigenvalue weighted by molar-refractivity contribution is 6.09. The summed E-state index contributed by atoms with van der Waals surface area (Å²) in [6.45, 7) is 3.67. The van der Waals surface area contributed by atoms with Crippen molar-refractivity contribution in [1.29, 1.82) is 0 Å². The largest absolute Gasteiger partial charge is 0.478 e. The number of carboxylic acids is 2. The fraction of sp³-hybridized carbons (Fsp3) is 0.294. The van der Waals surface area contributed by atoms with E-state index in [0.717, 1.165) is 6.42 Å². The number of ether oxygens (including phenoxy) is 2. The Morgan fingerprint density at radius 1 is 1.17 bits per heavy atom. The maximum Gasteiger partial charge on any atom is 0.336 e. The Morgan fingerprint density at radius 3 is 2.48 bits per heavy atom. The number of aliphatic carboxylic acids is 2. The Morgan fingerprint density at radius 2 is 1.87 bits per heavy atom. The predicted octanol–water partition coefficient (Wildman–Crippen LogP) is 3.08. The van der Waals surface area contributed by atoms with Crippen LogP contribution in [0.2, 0.25) is 0 Å². The first kappa shape index (κ1) is 16.6. The molecule has 6 nitrogen and oxygen atoms in total. The molecule has 122 valence electrons.